The van der Waals surface area contributed by atoms with Crippen molar-refractivity contribution < 1.29 is 9.59 Å². The van der Waals surface area contributed by atoms with E-state index in [9.17, 15) is 9.59 Å². The quantitative estimate of drug-likeness (QED) is 0.225. The van der Waals surface area contributed by atoms with E-state index in [1.165, 1.54) is 17.8 Å². The van der Waals surface area contributed by atoms with Gasteiger partial charge >= 0.3 is 0 Å². The van der Waals surface area contributed by atoms with Gasteiger partial charge in [0.1, 0.15) is 0 Å². The van der Waals surface area contributed by atoms with Crippen molar-refractivity contribution in [2.24, 2.45) is 0 Å². The standard InChI is InChI=1S/C23H19Cl2IN2O2S/c1-2-21(23(30)27-16-9-7-15(26)8-10-16)31-18-5-3-4-17(13-18)28-22(29)19-11-6-14(24)12-20(19)25/h3-13,21H,2H2,1H3,(H,27,30)(H,28,29). The van der Waals surface area contributed by atoms with Gasteiger partial charge in [-0.2, -0.15) is 0 Å². The molecule has 2 amide bonds. The van der Waals surface area contributed by atoms with Gasteiger partial charge in [0.15, 0.2) is 0 Å². The molecule has 0 aromatic heterocycles. The largest absolute Gasteiger partial charge is 0.325 e. The van der Waals surface area contributed by atoms with E-state index >= 15 is 0 Å². The lowest BCUT2D eigenvalue weighted by Gasteiger charge is -2.15. The number of benzene rings is 3. The number of anilines is 2. The molecule has 2 N–H and O–H groups in total. The zero-order chi connectivity index (χ0) is 22.4. The number of rotatable bonds is 7. The lowest BCUT2D eigenvalue weighted by atomic mass is 10.2. The molecule has 0 saturated heterocycles. The van der Waals surface area contributed by atoms with Crippen LogP contribution in [0.25, 0.3) is 0 Å². The number of halogens is 3. The fourth-order valence-corrected chi connectivity index (χ4v) is 4.63. The van der Waals surface area contributed by atoms with Crippen molar-refractivity contribution in [1.82, 2.24) is 0 Å². The number of hydrogen-bond acceptors (Lipinski definition) is 3. The summed E-state index contributed by atoms with van der Waals surface area (Å²) in [6.07, 6.45) is 0.665. The number of carbonyl (C=O) groups is 2. The summed E-state index contributed by atoms with van der Waals surface area (Å²) in [6.45, 7) is 1.97. The Hall–Kier alpha value is -1.74. The second-order valence-electron chi connectivity index (χ2n) is 6.62. The topological polar surface area (TPSA) is 58.2 Å². The van der Waals surface area contributed by atoms with E-state index < -0.39 is 0 Å². The van der Waals surface area contributed by atoms with Gasteiger partial charge in [-0.1, -0.05) is 36.2 Å². The highest BCUT2D eigenvalue weighted by atomic mass is 127. The first-order chi connectivity index (χ1) is 14.9. The summed E-state index contributed by atoms with van der Waals surface area (Å²) >= 11 is 15.7. The van der Waals surface area contributed by atoms with Gasteiger partial charge in [0, 0.05) is 24.9 Å². The van der Waals surface area contributed by atoms with Crippen LogP contribution in [0.5, 0.6) is 0 Å². The van der Waals surface area contributed by atoms with Crippen LogP contribution < -0.4 is 10.6 Å². The lowest BCUT2D eigenvalue weighted by molar-refractivity contribution is -0.115. The molecule has 0 saturated carbocycles. The van der Waals surface area contributed by atoms with Crippen molar-refractivity contribution in [2.75, 3.05) is 10.6 Å². The molecule has 0 aliphatic heterocycles. The molecular formula is C23H19Cl2IN2O2S. The summed E-state index contributed by atoms with van der Waals surface area (Å²) in [5, 5.41) is 6.29. The SMILES string of the molecule is CCC(Sc1cccc(NC(=O)c2ccc(Cl)cc2Cl)c1)C(=O)Nc1ccc(I)cc1. The van der Waals surface area contributed by atoms with E-state index in [0.29, 0.717) is 22.7 Å². The summed E-state index contributed by atoms with van der Waals surface area (Å²) < 4.78 is 1.11. The van der Waals surface area contributed by atoms with Gasteiger partial charge < -0.3 is 10.6 Å². The number of hydrogen-bond donors (Lipinski definition) is 2. The van der Waals surface area contributed by atoms with Gasteiger partial charge in [0.2, 0.25) is 5.91 Å². The molecular weight excluding hydrogens is 566 g/mol. The van der Waals surface area contributed by atoms with Gasteiger partial charge in [-0.15, -0.1) is 11.8 Å². The van der Waals surface area contributed by atoms with Gasteiger partial charge in [-0.05, 0) is 89.7 Å². The molecule has 0 spiro atoms. The third-order valence-corrected chi connectivity index (χ3v) is 6.95. The van der Waals surface area contributed by atoms with Gasteiger partial charge in [0.05, 0.1) is 15.8 Å². The van der Waals surface area contributed by atoms with Crippen LogP contribution in [0.1, 0.15) is 23.7 Å². The van der Waals surface area contributed by atoms with Crippen LogP contribution in [0.4, 0.5) is 11.4 Å². The highest BCUT2D eigenvalue weighted by Crippen LogP contribution is 2.29. The Bertz CT molecular complexity index is 1090. The summed E-state index contributed by atoms with van der Waals surface area (Å²) in [6, 6.07) is 19.8. The molecule has 160 valence electrons. The third-order valence-electron chi connectivity index (χ3n) is 4.32. The molecule has 31 heavy (non-hydrogen) atoms. The molecule has 0 fully saturated rings. The fourth-order valence-electron chi connectivity index (χ4n) is 2.76. The highest BCUT2D eigenvalue weighted by molar-refractivity contribution is 14.1. The third kappa shape index (κ3) is 6.87. The Morgan fingerprint density at radius 2 is 1.71 bits per heavy atom. The maximum absolute atomic E-state index is 12.7. The van der Waals surface area contributed by atoms with E-state index in [1.54, 1.807) is 18.2 Å². The van der Waals surface area contributed by atoms with Crippen molar-refractivity contribution in [3.05, 3.63) is 85.9 Å². The van der Waals surface area contributed by atoms with Crippen molar-refractivity contribution in [2.45, 2.75) is 23.5 Å². The Kier molecular flexibility index (Phi) is 8.66. The summed E-state index contributed by atoms with van der Waals surface area (Å²) in [4.78, 5) is 26.2. The maximum atomic E-state index is 12.7. The van der Waals surface area contributed by atoms with E-state index in [1.807, 2.05) is 49.4 Å². The molecule has 1 atom stereocenters. The first kappa shape index (κ1) is 23.9. The smallest absolute Gasteiger partial charge is 0.257 e. The Balaban J connectivity index is 1.67. The van der Waals surface area contributed by atoms with E-state index in [-0.39, 0.29) is 22.1 Å². The Labute approximate surface area is 209 Å². The highest BCUT2D eigenvalue weighted by Gasteiger charge is 2.19. The van der Waals surface area contributed by atoms with E-state index in [0.717, 1.165) is 14.2 Å². The molecule has 3 aromatic carbocycles. The minimum atomic E-state index is -0.327. The summed E-state index contributed by atoms with van der Waals surface area (Å²) in [5.41, 5.74) is 1.73. The number of thioether (sulfide) groups is 1. The molecule has 0 bridgehead atoms. The van der Waals surface area contributed by atoms with Crippen molar-refractivity contribution in [3.63, 3.8) is 0 Å². The summed E-state index contributed by atoms with van der Waals surface area (Å²) in [5.74, 6) is -0.386. The van der Waals surface area contributed by atoms with Crippen LogP contribution in [0.3, 0.4) is 0 Å². The average molecular weight is 585 g/mol. The molecule has 0 aliphatic carbocycles. The van der Waals surface area contributed by atoms with E-state index in [2.05, 4.69) is 33.2 Å². The molecule has 3 rings (SSSR count). The second-order valence-corrected chi connectivity index (χ2v) is 9.98. The van der Waals surface area contributed by atoms with Crippen LogP contribution >= 0.6 is 57.6 Å². The molecule has 4 nitrogen and oxygen atoms in total. The molecule has 0 radical (unpaired) electrons. The molecule has 0 aliphatic rings. The van der Waals surface area contributed by atoms with Crippen molar-refractivity contribution in [3.8, 4) is 0 Å². The number of nitrogens with one attached hydrogen (secondary N) is 2. The molecule has 0 heterocycles. The van der Waals surface area contributed by atoms with Crippen LogP contribution in [0.2, 0.25) is 10.0 Å². The normalized spacial score (nSPS) is 11.6. The lowest BCUT2D eigenvalue weighted by Crippen LogP contribution is -2.24. The van der Waals surface area contributed by atoms with Crippen LogP contribution in [0, 0.1) is 3.57 Å². The Morgan fingerprint density at radius 3 is 2.39 bits per heavy atom. The van der Waals surface area contributed by atoms with E-state index in [4.69, 9.17) is 23.2 Å². The zero-order valence-corrected chi connectivity index (χ0v) is 21.0. The molecule has 1 unspecified atom stereocenters. The van der Waals surface area contributed by atoms with Crippen LogP contribution in [0.15, 0.2) is 71.6 Å². The van der Waals surface area contributed by atoms with Crippen LogP contribution in [-0.4, -0.2) is 17.1 Å². The maximum Gasteiger partial charge on any atom is 0.257 e. The summed E-state index contributed by atoms with van der Waals surface area (Å²) in [7, 11) is 0. The zero-order valence-electron chi connectivity index (χ0n) is 16.5. The first-order valence-electron chi connectivity index (χ1n) is 9.45. The number of amides is 2. The predicted octanol–water partition coefficient (Wildman–Crippen LogP) is 7.36. The minimum absolute atomic E-state index is 0.0592. The second kappa shape index (κ2) is 11.2. The average Bonchev–Trinajstić information content (AvgIpc) is 2.73. The predicted molar refractivity (Wildman–Crippen MR) is 139 cm³/mol. The van der Waals surface area contributed by atoms with Gasteiger partial charge in [-0.25, -0.2) is 0 Å². The molecule has 8 heteroatoms. The molecule has 3 aromatic rings. The number of carbonyl (C=O) groups excluding carboxylic acids is 2. The van der Waals surface area contributed by atoms with Gasteiger partial charge in [-0.3, -0.25) is 9.59 Å². The fraction of sp³-hybridized carbons (Fsp3) is 0.130. The van der Waals surface area contributed by atoms with Gasteiger partial charge in [0.25, 0.3) is 5.91 Å². The van der Waals surface area contributed by atoms with Crippen molar-refractivity contribution >= 4 is 80.7 Å². The van der Waals surface area contributed by atoms with Crippen LogP contribution in [-0.2, 0) is 4.79 Å². The van der Waals surface area contributed by atoms with Crippen molar-refractivity contribution in [1.29, 1.82) is 0 Å². The monoisotopic (exact) mass is 584 g/mol. The first-order valence-corrected chi connectivity index (χ1v) is 12.2. The minimum Gasteiger partial charge on any atom is -0.325 e. The Morgan fingerprint density at radius 1 is 0.968 bits per heavy atom.